The molecule has 0 aliphatic heterocycles. The Hall–Kier alpha value is -1.54. The smallest absolute Gasteiger partial charge is 0.258 e. The molecule has 0 amide bonds. The molecule has 0 aromatic heterocycles. The van der Waals surface area contributed by atoms with Gasteiger partial charge in [0.25, 0.3) is 0 Å². The first-order valence-electron chi connectivity index (χ1n) is 6.76. The molecule has 0 heterocycles. The number of nitro benzene ring substituents is 1. The van der Waals surface area contributed by atoms with Crippen LogP contribution in [0, 0.1) is 15.9 Å². The largest absolute Gasteiger partial charge is 0.324 e. The Morgan fingerprint density at radius 3 is 2.48 bits per heavy atom. The summed E-state index contributed by atoms with van der Waals surface area (Å²) in [5.41, 5.74) is -0.986. The van der Waals surface area contributed by atoms with Crippen molar-refractivity contribution in [1.82, 2.24) is 4.31 Å². The first-order valence-corrected chi connectivity index (χ1v) is 8.20. The van der Waals surface area contributed by atoms with E-state index < -0.39 is 31.3 Å². The summed E-state index contributed by atoms with van der Waals surface area (Å²) in [5, 5.41) is 11.0. The molecule has 1 saturated carbocycles. The third-order valence-corrected chi connectivity index (χ3v) is 5.82. The van der Waals surface area contributed by atoms with Gasteiger partial charge in [-0.3, -0.25) is 10.1 Å². The molecule has 1 aliphatic carbocycles. The second kappa shape index (κ2) is 6.07. The molecule has 0 saturated heterocycles. The molecular weight excluding hydrogens is 299 g/mol. The monoisotopic (exact) mass is 316 g/mol. The van der Waals surface area contributed by atoms with Gasteiger partial charge in [0.05, 0.1) is 4.92 Å². The van der Waals surface area contributed by atoms with E-state index in [9.17, 15) is 22.9 Å². The van der Waals surface area contributed by atoms with Gasteiger partial charge in [0.1, 0.15) is 0 Å². The molecule has 1 aromatic carbocycles. The number of sulfonamides is 1. The van der Waals surface area contributed by atoms with Crippen molar-refractivity contribution in [3.63, 3.8) is 0 Å². The van der Waals surface area contributed by atoms with E-state index in [-0.39, 0.29) is 6.04 Å². The molecule has 1 aliphatic rings. The predicted octanol–water partition coefficient (Wildman–Crippen LogP) is 2.69. The van der Waals surface area contributed by atoms with Gasteiger partial charge in [0, 0.05) is 13.1 Å². The van der Waals surface area contributed by atoms with Crippen molar-refractivity contribution in [2.75, 3.05) is 7.05 Å². The molecule has 0 bridgehead atoms. The van der Waals surface area contributed by atoms with E-state index in [1.165, 1.54) is 13.1 Å². The van der Waals surface area contributed by atoms with Crippen LogP contribution in [0.3, 0.4) is 0 Å². The third-order valence-electron chi connectivity index (χ3n) is 3.88. The van der Waals surface area contributed by atoms with Crippen molar-refractivity contribution in [3.05, 3.63) is 34.1 Å². The van der Waals surface area contributed by atoms with Gasteiger partial charge in [-0.05, 0) is 25.0 Å². The number of benzene rings is 1. The molecule has 6 nitrogen and oxygen atoms in total. The van der Waals surface area contributed by atoms with Crippen LogP contribution in [0.1, 0.15) is 32.1 Å². The normalized spacial score (nSPS) is 17.1. The van der Waals surface area contributed by atoms with E-state index in [4.69, 9.17) is 0 Å². The van der Waals surface area contributed by atoms with Gasteiger partial charge in [-0.2, -0.15) is 8.70 Å². The number of para-hydroxylation sites is 1. The lowest BCUT2D eigenvalue weighted by atomic mass is 9.96. The van der Waals surface area contributed by atoms with Crippen LogP contribution >= 0.6 is 0 Å². The minimum atomic E-state index is -4.09. The number of rotatable bonds is 4. The Balaban J connectivity index is 2.44. The Morgan fingerprint density at radius 1 is 1.29 bits per heavy atom. The Bertz CT molecular complexity index is 642. The van der Waals surface area contributed by atoms with Crippen molar-refractivity contribution in [2.24, 2.45) is 0 Å². The molecule has 0 spiro atoms. The molecule has 2 rings (SSSR count). The summed E-state index contributed by atoms with van der Waals surface area (Å²) in [5.74, 6) is -1.14. The number of hydrogen-bond donors (Lipinski definition) is 0. The molecular formula is C13H17FN2O4S. The number of nitro groups is 1. The van der Waals surface area contributed by atoms with Crippen molar-refractivity contribution in [1.29, 1.82) is 0 Å². The Morgan fingerprint density at radius 2 is 1.90 bits per heavy atom. The standard InChI is InChI=1S/C13H17FN2O4S/c1-15(10-6-3-2-4-7-10)21(19,20)12-9-5-8-11(14)13(12)16(17)18/h5,8-10H,2-4,6-7H2,1H3. The predicted molar refractivity (Wildman–Crippen MR) is 74.9 cm³/mol. The SMILES string of the molecule is CN(C1CCCCC1)S(=O)(=O)c1cccc(F)c1[N+](=O)[O-]. The topological polar surface area (TPSA) is 80.5 Å². The summed E-state index contributed by atoms with van der Waals surface area (Å²) < 4.78 is 39.9. The highest BCUT2D eigenvalue weighted by atomic mass is 32.2. The maximum absolute atomic E-state index is 13.6. The molecule has 1 aromatic rings. The molecule has 0 unspecified atom stereocenters. The van der Waals surface area contributed by atoms with Crippen LogP contribution in [0.15, 0.2) is 23.1 Å². The van der Waals surface area contributed by atoms with E-state index >= 15 is 0 Å². The lowest BCUT2D eigenvalue weighted by molar-refractivity contribution is -0.390. The zero-order chi connectivity index (χ0) is 15.6. The van der Waals surface area contributed by atoms with Crippen LogP contribution in [0.5, 0.6) is 0 Å². The molecule has 116 valence electrons. The summed E-state index contributed by atoms with van der Waals surface area (Å²) in [7, 11) is -2.68. The minimum absolute atomic E-state index is 0.188. The lowest BCUT2D eigenvalue weighted by Crippen LogP contribution is -2.38. The van der Waals surface area contributed by atoms with Gasteiger partial charge < -0.3 is 0 Å². The van der Waals surface area contributed by atoms with Crippen LogP contribution in [-0.2, 0) is 10.0 Å². The first-order chi connectivity index (χ1) is 9.85. The maximum atomic E-state index is 13.6. The fraction of sp³-hybridized carbons (Fsp3) is 0.538. The second-order valence-electron chi connectivity index (χ2n) is 5.16. The fourth-order valence-electron chi connectivity index (χ4n) is 2.68. The van der Waals surface area contributed by atoms with Crippen molar-refractivity contribution in [2.45, 2.75) is 43.0 Å². The summed E-state index contributed by atoms with van der Waals surface area (Å²) in [6.45, 7) is 0. The quantitative estimate of drug-likeness (QED) is 0.632. The number of nitrogens with zero attached hydrogens (tertiary/aromatic N) is 2. The first kappa shape index (κ1) is 15.8. The summed E-state index contributed by atoms with van der Waals surface area (Å²) in [6, 6.07) is 2.95. The fourth-order valence-corrected chi connectivity index (χ4v) is 4.26. The molecule has 21 heavy (non-hydrogen) atoms. The summed E-state index contributed by atoms with van der Waals surface area (Å²) in [4.78, 5) is 9.40. The Kier molecular flexibility index (Phi) is 4.58. The van der Waals surface area contributed by atoms with Gasteiger partial charge in [-0.1, -0.05) is 25.3 Å². The zero-order valence-electron chi connectivity index (χ0n) is 11.7. The van der Waals surface area contributed by atoms with Crippen LogP contribution in [0.4, 0.5) is 10.1 Å². The zero-order valence-corrected chi connectivity index (χ0v) is 12.5. The van der Waals surface area contributed by atoms with Crippen LogP contribution in [-0.4, -0.2) is 30.7 Å². The Labute approximate surface area is 122 Å². The number of halogens is 1. The molecule has 0 N–H and O–H groups in total. The van der Waals surface area contributed by atoms with Crippen molar-refractivity contribution >= 4 is 15.7 Å². The lowest BCUT2D eigenvalue weighted by Gasteiger charge is -2.30. The van der Waals surface area contributed by atoms with Crippen LogP contribution in [0.25, 0.3) is 0 Å². The molecule has 8 heteroatoms. The second-order valence-corrected chi connectivity index (χ2v) is 7.12. The minimum Gasteiger partial charge on any atom is -0.258 e. The number of hydrogen-bond acceptors (Lipinski definition) is 4. The maximum Gasteiger partial charge on any atom is 0.324 e. The highest BCUT2D eigenvalue weighted by Gasteiger charge is 2.35. The molecule has 1 fully saturated rings. The highest BCUT2D eigenvalue weighted by Crippen LogP contribution is 2.32. The van der Waals surface area contributed by atoms with Gasteiger partial charge >= 0.3 is 5.69 Å². The van der Waals surface area contributed by atoms with Gasteiger partial charge in [0.15, 0.2) is 4.90 Å². The van der Waals surface area contributed by atoms with E-state index in [2.05, 4.69) is 0 Å². The van der Waals surface area contributed by atoms with Crippen molar-refractivity contribution < 1.29 is 17.7 Å². The summed E-state index contributed by atoms with van der Waals surface area (Å²) in [6.07, 6.45) is 4.35. The molecule has 0 atom stereocenters. The van der Waals surface area contributed by atoms with Gasteiger partial charge in [0.2, 0.25) is 15.8 Å². The average molecular weight is 316 g/mol. The highest BCUT2D eigenvalue weighted by molar-refractivity contribution is 7.89. The van der Waals surface area contributed by atoms with E-state index in [0.29, 0.717) is 0 Å². The summed E-state index contributed by atoms with van der Waals surface area (Å²) >= 11 is 0. The molecule has 0 radical (unpaired) electrons. The van der Waals surface area contributed by atoms with E-state index in [1.54, 1.807) is 0 Å². The third kappa shape index (κ3) is 3.06. The van der Waals surface area contributed by atoms with E-state index in [1.807, 2.05) is 0 Å². The van der Waals surface area contributed by atoms with Gasteiger partial charge in [-0.25, -0.2) is 8.42 Å². The van der Waals surface area contributed by atoms with Crippen LogP contribution in [0.2, 0.25) is 0 Å². The average Bonchev–Trinajstić information content (AvgIpc) is 2.46. The van der Waals surface area contributed by atoms with Crippen molar-refractivity contribution in [3.8, 4) is 0 Å². The van der Waals surface area contributed by atoms with E-state index in [0.717, 1.165) is 48.5 Å². The van der Waals surface area contributed by atoms with Crippen LogP contribution < -0.4 is 0 Å². The van der Waals surface area contributed by atoms with Gasteiger partial charge in [-0.15, -0.1) is 0 Å².